The van der Waals surface area contributed by atoms with E-state index in [1.807, 2.05) is 0 Å². The van der Waals surface area contributed by atoms with Gasteiger partial charge in [-0.2, -0.15) is 0 Å². The van der Waals surface area contributed by atoms with Crippen LogP contribution in [0.2, 0.25) is 0 Å². The molecule has 0 aliphatic heterocycles. The largest absolute Gasteiger partial charge is 0.491 e. The summed E-state index contributed by atoms with van der Waals surface area (Å²) in [6.07, 6.45) is -2.79. The van der Waals surface area contributed by atoms with Gasteiger partial charge in [0.2, 0.25) is 5.43 Å². The molecule has 3 N–H and O–H groups in total. The van der Waals surface area contributed by atoms with Crippen LogP contribution < -0.4 is 15.9 Å². The van der Waals surface area contributed by atoms with Crippen molar-refractivity contribution < 1.29 is 13.5 Å². The van der Waals surface area contributed by atoms with E-state index in [1.54, 1.807) is 0 Å². The highest BCUT2D eigenvalue weighted by Gasteiger charge is 2.17. The normalized spacial score (nSPS) is 10.6. The van der Waals surface area contributed by atoms with Gasteiger partial charge >= 0.3 is 0 Å². The lowest BCUT2D eigenvalue weighted by Gasteiger charge is -2.08. The fraction of sp³-hybridized carbons (Fsp3) is 0.375. The quantitative estimate of drug-likeness (QED) is 0.764. The number of ether oxygens (including phenoxy) is 1. The first-order valence-electron chi connectivity index (χ1n) is 3.88. The molecule has 78 valence electrons. The summed E-state index contributed by atoms with van der Waals surface area (Å²) >= 11 is 0. The number of aromatic amines is 1. The summed E-state index contributed by atoms with van der Waals surface area (Å²) in [6.45, 7) is -0.00104. The maximum atomic E-state index is 12.4. The van der Waals surface area contributed by atoms with Crippen molar-refractivity contribution in [2.75, 3.05) is 7.11 Å². The molecule has 0 atom stereocenters. The zero-order valence-corrected chi connectivity index (χ0v) is 7.51. The predicted octanol–water partition coefficient (Wildman–Crippen LogP) is 0.780. The summed E-state index contributed by atoms with van der Waals surface area (Å²) in [5, 5.41) is 0. The fourth-order valence-corrected chi connectivity index (χ4v) is 1.10. The van der Waals surface area contributed by atoms with Gasteiger partial charge in [-0.15, -0.1) is 0 Å². The molecule has 6 heteroatoms. The Labute approximate surface area is 78.7 Å². The SMILES string of the molecule is COc1c(C(F)F)[nH]c(CN)cc1=O. The molecule has 0 aromatic carbocycles. The minimum absolute atomic E-state index is 0.00104. The molecule has 1 aromatic heterocycles. The van der Waals surface area contributed by atoms with Crippen molar-refractivity contribution in [1.82, 2.24) is 4.98 Å². The number of hydrogen-bond donors (Lipinski definition) is 2. The molecular weight excluding hydrogens is 194 g/mol. The molecule has 4 nitrogen and oxygen atoms in total. The fourth-order valence-electron chi connectivity index (χ4n) is 1.10. The van der Waals surface area contributed by atoms with Crippen LogP contribution in [0, 0.1) is 0 Å². The Morgan fingerprint density at radius 2 is 2.29 bits per heavy atom. The highest BCUT2D eigenvalue weighted by molar-refractivity contribution is 5.30. The molecule has 0 amide bonds. The van der Waals surface area contributed by atoms with Crippen LogP contribution in [0.25, 0.3) is 0 Å². The van der Waals surface area contributed by atoms with E-state index in [-0.39, 0.29) is 18.0 Å². The number of methoxy groups -OCH3 is 1. The molecule has 0 radical (unpaired) electrons. The van der Waals surface area contributed by atoms with Gasteiger partial charge in [-0.25, -0.2) is 8.78 Å². The van der Waals surface area contributed by atoms with Gasteiger partial charge in [0.15, 0.2) is 5.75 Å². The number of aromatic nitrogens is 1. The molecule has 0 bridgehead atoms. The van der Waals surface area contributed by atoms with Crippen molar-refractivity contribution in [2.24, 2.45) is 5.73 Å². The average Bonchev–Trinajstić information content (AvgIpc) is 2.16. The summed E-state index contributed by atoms with van der Waals surface area (Å²) in [5.74, 6) is -0.364. The van der Waals surface area contributed by atoms with Crippen LogP contribution in [0.4, 0.5) is 8.78 Å². The molecule has 0 saturated heterocycles. The van der Waals surface area contributed by atoms with E-state index >= 15 is 0 Å². The third-order valence-electron chi connectivity index (χ3n) is 1.71. The second-order valence-electron chi connectivity index (χ2n) is 2.61. The number of halogens is 2. The van der Waals surface area contributed by atoms with Gasteiger partial charge in [-0.05, 0) is 0 Å². The molecule has 0 saturated carbocycles. The van der Waals surface area contributed by atoms with Crippen molar-refractivity contribution in [1.29, 1.82) is 0 Å². The zero-order chi connectivity index (χ0) is 10.7. The van der Waals surface area contributed by atoms with Gasteiger partial charge < -0.3 is 15.5 Å². The van der Waals surface area contributed by atoms with Crippen LogP contribution in [-0.4, -0.2) is 12.1 Å². The molecule has 1 heterocycles. The van der Waals surface area contributed by atoms with Crippen molar-refractivity contribution in [3.8, 4) is 5.75 Å². The Morgan fingerprint density at radius 3 is 2.71 bits per heavy atom. The average molecular weight is 204 g/mol. The smallest absolute Gasteiger partial charge is 0.282 e. The number of H-pyrrole nitrogens is 1. The molecule has 14 heavy (non-hydrogen) atoms. The molecular formula is C8H10F2N2O2. The minimum Gasteiger partial charge on any atom is -0.491 e. The lowest BCUT2D eigenvalue weighted by molar-refractivity contribution is 0.141. The van der Waals surface area contributed by atoms with E-state index in [9.17, 15) is 13.6 Å². The van der Waals surface area contributed by atoms with E-state index < -0.39 is 17.5 Å². The number of rotatable bonds is 3. The first kappa shape index (κ1) is 10.6. The lowest BCUT2D eigenvalue weighted by atomic mass is 10.2. The van der Waals surface area contributed by atoms with Crippen LogP contribution in [0.3, 0.4) is 0 Å². The van der Waals surface area contributed by atoms with Gasteiger partial charge in [-0.3, -0.25) is 4.79 Å². The molecule has 0 aliphatic carbocycles. The molecule has 0 spiro atoms. The van der Waals surface area contributed by atoms with E-state index in [2.05, 4.69) is 9.72 Å². The first-order chi connectivity index (χ1) is 6.60. The Morgan fingerprint density at radius 1 is 1.64 bits per heavy atom. The van der Waals surface area contributed by atoms with E-state index in [0.29, 0.717) is 0 Å². The van der Waals surface area contributed by atoms with Gasteiger partial charge in [0, 0.05) is 18.3 Å². The number of pyridine rings is 1. The monoisotopic (exact) mass is 204 g/mol. The molecule has 1 aromatic rings. The van der Waals surface area contributed by atoms with Gasteiger partial charge in [0.25, 0.3) is 6.43 Å². The lowest BCUT2D eigenvalue weighted by Crippen LogP contribution is -2.14. The minimum atomic E-state index is -2.79. The first-order valence-corrected chi connectivity index (χ1v) is 3.88. The summed E-state index contributed by atoms with van der Waals surface area (Å²) < 4.78 is 29.4. The Kier molecular flexibility index (Phi) is 3.19. The van der Waals surface area contributed by atoms with E-state index in [1.165, 1.54) is 7.11 Å². The second kappa shape index (κ2) is 4.19. The van der Waals surface area contributed by atoms with Crippen molar-refractivity contribution in [2.45, 2.75) is 13.0 Å². The summed E-state index contributed by atoms with van der Waals surface area (Å²) in [5.41, 5.74) is 4.36. The van der Waals surface area contributed by atoms with Crippen LogP contribution in [0.5, 0.6) is 5.75 Å². The highest BCUT2D eigenvalue weighted by atomic mass is 19.3. The molecule has 0 unspecified atom stereocenters. The third-order valence-corrected chi connectivity index (χ3v) is 1.71. The summed E-state index contributed by atoms with van der Waals surface area (Å²) in [6, 6.07) is 1.14. The maximum absolute atomic E-state index is 12.4. The Hall–Kier alpha value is -1.43. The molecule has 0 aliphatic rings. The maximum Gasteiger partial charge on any atom is 0.282 e. The van der Waals surface area contributed by atoms with Crippen LogP contribution in [-0.2, 0) is 6.54 Å². The number of nitrogens with two attached hydrogens (primary N) is 1. The number of nitrogens with one attached hydrogen (secondary N) is 1. The van der Waals surface area contributed by atoms with Gasteiger partial charge in [-0.1, -0.05) is 0 Å². The van der Waals surface area contributed by atoms with Gasteiger partial charge in [0.1, 0.15) is 5.69 Å². The number of hydrogen-bond acceptors (Lipinski definition) is 3. The van der Waals surface area contributed by atoms with E-state index in [0.717, 1.165) is 6.07 Å². The highest BCUT2D eigenvalue weighted by Crippen LogP contribution is 2.23. The van der Waals surface area contributed by atoms with Gasteiger partial charge in [0.05, 0.1) is 7.11 Å². The number of alkyl halides is 2. The third kappa shape index (κ3) is 1.90. The summed E-state index contributed by atoms with van der Waals surface area (Å²) in [7, 11) is 1.17. The zero-order valence-electron chi connectivity index (χ0n) is 7.51. The Bertz CT molecular complexity index is 376. The van der Waals surface area contributed by atoms with Crippen molar-refractivity contribution in [3.05, 3.63) is 27.7 Å². The van der Waals surface area contributed by atoms with Crippen LogP contribution >= 0.6 is 0 Å². The topological polar surface area (TPSA) is 68.1 Å². The molecule has 1 rings (SSSR count). The van der Waals surface area contributed by atoms with Crippen molar-refractivity contribution in [3.63, 3.8) is 0 Å². The van der Waals surface area contributed by atoms with E-state index in [4.69, 9.17) is 5.73 Å². The Balaban J connectivity index is 3.36. The predicted molar refractivity (Wildman–Crippen MR) is 46.5 cm³/mol. The van der Waals surface area contributed by atoms with Crippen LogP contribution in [0.15, 0.2) is 10.9 Å². The van der Waals surface area contributed by atoms with Crippen molar-refractivity contribution >= 4 is 0 Å². The van der Waals surface area contributed by atoms with Crippen LogP contribution in [0.1, 0.15) is 17.8 Å². The standard InChI is InChI=1S/C8H10F2N2O2/c1-14-7-5(13)2-4(3-11)12-6(7)8(9)10/h2,8H,3,11H2,1H3,(H,12,13). The molecule has 0 fully saturated rings. The summed E-state index contributed by atoms with van der Waals surface area (Å²) in [4.78, 5) is 13.6. The second-order valence-corrected chi connectivity index (χ2v) is 2.61.